The summed E-state index contributed by atoms with van der Waals surface area (Å²) in [6.07, 6.45) is 2.00. The molecule has 0 fully saturated rings. The Labute approximate surface area is 179 Å². The molecule has 0 amide bonds. The molecule has 2 heterocycles. The van der Waals surface area contributed by atoms with Crippen molar-refractivity contribution in [2.75, 3.05) is 19.5 Å². The number of allylic oxidation sites excluding steroid dienone is 2. The minimum atomic E-state index is -0.544. The average Bonchev–Trinajstić information content (AvgIpc) is 3.14. The molecule has 7 heteroatoms. The van der Waals surface area contributed by atoms with Gasteiger partial charge < -0.3 is 14.8 Å². The van der Waals surface area contributed by atoms with E-state index in [0.29, 0.717) is 34.9 Å². The van der Waals surface area contributed by atoms with Crippen molar-refractivity contribution >= 4 is 11.6 Å². The van der Waals surface area contributed by atoms with E-state index >= 15 is 0 Å². The lowest BCUT2D eigenvalue weighted by atomic mass is 9.76. The Morgan fingerprint density at radius 1 is 0.968 bits per heavy atom. The van der Waals surface area contributed by atoms with E-state index in [4.69, 9.17) is 9.47 Å². The normalized spacial score (nSPS) is 17.6. The number of ether oxygens (including phenoxy) is 2. The van der Waals surface area contributed by atoms with Gasteiger partial charge in [0.15, 0.2) is 17.3 Å². The van der Waals surface area contributed by atoms with Gasteiger partial charge in [0.25, 0.3) is 5.56 Å². The molecule has 0 spiro atoms. The predicted octanol–water partition coefficient (Wildman–Crippen LogP) is 3.75. The number of fused-ring (bicyclic) bond motifs is 1. The van der Waals surface area contributed by atoms with Crippen molar-refractivity contribution in [3.63, 3.8) is 0 Å². The van der Waals surface area contributed by atoms with Gasteiger partial charge in [0.1, 0.15) is 5.82 Å². The van der Waals surface area contributed by atoms with Gasteiger partial charge in [-0.05, 0) is 31.0 Å². The first-order valence-corrected chi connectivity index (χ1v) is 10.3. The number of anilines is 1. The Kier molecular flexibility index (Phi) is 4.66. The molecule has 1 aromatic heterocycles. The van der Waals surface area contributed by atoms with Crippen LogP contribution >= 0.6 is 0 Å². The molecule has 3 aromatic rings. The van der Waals surface area contributed by atoms with Crippen LogP contribution in [-0.2, 0) is 4.79 Å². The number of Topliss-reactive ketones (excluding diaryl/α,β-unsaturated/α-hetero) is 1. The molecule has 0 saturated carbocycles. The van der Waals surface area contributed by atoms with Crippen molar-refractivity contribution in [1.29, 1.82) is 0 Å². The number of para-hydroxylation sites is 2. The van der Waals surface area contributed by atoms with Crippen LogP contribution in [0.3, 0.4) is 0 Å². The summed E-state index contributed by atoms with van der Waals surface area (Å²) in [5, 5.41) is 6.54. The Bertz CT molecular complexity index is 1250. The molecule has 1 atom stereocenters. The molecule has 31 heavy (non-hydrogen) atoms. The van der Waals surface area contributed by atoms with Gasteiger partial charge in [0.05, 0.1) is 31.4 Å². The highest BCUT2D eigenvalue weighted by Crippen LogP contribution is 2.48. The minimum absolute atomic E-state index is 0.0566. The Morgan fingerprint density at radius 3 is 2.52 bits per heavy atom. The van der Waals surface area contributed by atoms with Crippen LogP contribution in [0.1, 0.15) is 36.3 Å². The summed E-state index contributed by atoms with van der Waals surface area (Å²) < 4.78 is 12.7. The molecule has 1 aliphatic heterocycles. The predicted molar refractivity (Wildman–Crippen MR) is 117 cm³/mol. The number of H-pyrrole nitrogens is 1. The number of methoxy groups -OCH3 is 2. The molecule has 0 saturated heterocycles. The first-order chi connectivity index (χ1) is 15.1. The molecular formula is C24H23N3O4. The number of aromatic amines is 1. The number of ketones is 1. The van der Waals surface area contributed by atoms with Gasteiger partial charge in [-0.3, -0.25) is 14.7 Å². The van der Waals surface area contributed by atoms with Crippen LogP contribution < -0.4 is 20.3 Å². The molecule has 0 unspecified atom stereocenters. The van der Waals surface area contributed by atoms with Gasteiger partial charge in [-0.2, -0.15) is 0 Å². The van der Waals surface area contributed by atoms with E-state index in [9.17, 15) is 9.59 Å². The zero-order valence-corrected chi connectivity index (χ0v) is 17.4. The van der Waals surface area contributed by atoms with Gasteiger partial charge >= 0.3 is 0 Å². The largest absolute Gasteiger partial charge is 0.493 e. The summed E-state index contributed by atoms with van der Waals surface area (Å²) in [4.78, 5) is 26.7. The van der Waals surface area contributed by atoms with Gasteiger partial charge in [-0.1, -0.05) is 30.3 Å². The first-order valence-electron chi connectivity index (χ1n) is 10.3. The minimum Gasteiger partial charge on any atom is -0.493 e. The third-order valence-corrected chi connectivity index (χ3v) is 5.99. The van der Waals surface area contributed by atoms with E-state index in [1.54, 1.807) is 14.2 Å². The molecule has 2 aromatic carbocycles. The van der Waals surface area contributed by atoms with Crippen molar-refractivity contribution in [2.24, 2.45) is 0 Å². The van der Waals surface area contributed by atoms with Crippen molar-refractivity contribution in [3.8, 4) is 17.2 Å². The number of aromatic nitrogens is 2. The van der Waals surface area contributed by atoms with Crippen LogP contribution in [0.15, 0.2) is 64.6 Å². The molecular weight excluding hydrogens is 394 g/mol. The van der Waals surface area contributed by atoms with E-state index in [2.05, 4.69) is 10.4 Å². The molecule has 0 radical (unpaired) electrons. The zero-order valence-electron chi connectivity index (χ0n) is 17.4. The maximum atomic E-state index is 13.6. The van der Waals surface area contributed by atoms with Gasteiger partial charge in [-0.15, -0.1) is 0 Å². The van der Waals surface area contributed by atoms with Gasteiger partial charge in [0, 0.05) is 23.3 Å². The Morgan fingerprint density at radius 2 is 1.77 bits per heavy atom. The van der Waals surface area contributed by atoms with Gasteiger partial charge in [-0.25, -0.2) is 4.68 Å². The molecule has 0 bridgehead atoms. The fraction of sp³-hybridized carbons (Fsp3) is 0.250. The van der Waals surface area contributed by atoms with Crippen molar-refractivity contribution in [2.45, 2.75) is 25.2 Å². The number of nitrogens with zero attached hydrogens (tertiary/aromatic N) is 1. The Balaban J connectivity index is 1.79. The summed E-state index contributed by atoms with van der Waals surface area (Å²) in [5.74, 6) is 1.21. The highest BCUT2D eigenvalue weighted by Gasteiger charge is 2.40. The number of hydrogen-bond acceptors (Lipinski definition) is 5. The number of nitrogens with one attached hydrogen (secondary N) is 2. The average molecular weight is 417 g/mol. The topological polar surface area (TPSA) is 85.4 Å². The highest BCUT2D eigenvalue weighted by atomic mass is 16.5. The second kappa shape index (κ2) is 7.50. The number of benzene rings is 2. The molecule has 1 aliphatic carbocycles. The van der Waals surface area contributed by atoms with Crippen molar-refractivity contribution < 1.29 is 14.3 Å². The number of rotatable bonds is 4. The van der Waals surface area contributed by atoms with Crippen LogP contribution in [0.2, 0.25) is 0 Å². The van der Waals surface area contributed by atoms with E-state index in [1.165, 1.54) is 4.68 Å². The van der Waals surface area contributed by atoms with Crippen LogP contribution in [0.4, 0.5) is 5.82 Å². The molecule has 158 valence electrons. The van der Waals surface area contributed by atoms with Crippen LogP contribution in [0, 0.1) is 0 Å². The molecule has 7 nitrogen and oxygen atoms in total. The number of carbonyl (C=O) groups excluding carboxylic acids is 1. The standard InChI is InChI=1S/C24H23N3O4/c1-30-18-13-6-10-15(22(18)31-2)19-20-16(11-7-12-17(20)28)25-23-21(19)24(29)27(26-23)14-8-4-3-5-9-14/h3-6,8-10,13,19,25-26H,7,11-12H2,1-2H3/t19-/m1/s1. The summed E-state index contributed by atoms with van der Waals surface area (Å²) in [7, 11) is 3.14. The Hall–Kier alpha value is -3.74. The maximum absolute atomic E-state index is 13.6. The van der Waals surface area contributed by atoms with Crippen molar-refractivity contribution in [3.05, 3.63) is 81.3 Å². The zero-order chi connectivity index (χ0) is 21.5. The lowest BCUT2D eigenvalue weighted by Crippen LogP contribution is -2.30. The number of carbonyl (C=O) groups is 1. The first kappa shape index (κ1) is 19.2. The third kappa shape index (κ3) is 2.96. The smallest absolute Gasteiger partial charge is 0.277 e. The fourth-order valence-corrected chi connectivity index (χ4v) is 4.65. The molecule has 2 aliphatic rings. The van der Waals surface area contributed by atoms with E-state index in [1.807, 2.05) is 48.5 Å². The second-order valence-electron chi connectivity index (χ2n) is 7.69. The maximum Gasteiger partial charge on any atom is 0.277 e. The van der Waals surface area contributed by atoms with E-state index < -0.39 is 5.92 Å². The summed E-state index contributed by atoms with van der Waals surface area (Å²) in [6, 6.07) is 14.9. The summed E-state index contributed by atoms with van der Waals surface area (Å²) >= 11 is 0. The third-order valence-electron chi connectivity index (χ3n) is 5.99. The van der Waals surface area contributed by atoms with Crippen LogP contribution in [-0.4, -0.2) is 29.8 Å². The van der Waals surface area contributed by atoms with E-state index in [0.717, 1.165) is 29.8 Å². The number of hydrogen-bond donors (Lipinski definition) is 2. The lowest BCUT2D eigenvalue weighted by Gasteiger charge is -2.32. The van der Waals surface area contributed by atoms with Crippen molar-refractivity contribution in [1.82, 2.24) is 9.78 Å². The van der Waals surface area contributed by atoms with Gasteiger partial charge in [0.2, 0.25) is 0 Å². The van der Waals surface area contributed by atoms with E-state index in [-0.39, 0.29) is 11.3 Å². The summed E-state index contributed by atoms with van der Waals surface area (Å²) in [5.41, 5.74) is 3.27. The fourth-order valence-electron chi connectivity index (χ4n) is 4.65. The van der Waals surface area contributed by atoms with Crippen LogP contribution in [0.5, 0.6) is 11.5 Å². The molecule has 5 rings (SSSR count). The SMILES string of the molecule is COc1cccc([C@@H]2C3=C(CCCC3=O)Nc3[nH]n(-c4ccccc4)c(=O)c32)c1OC. The monoisotopic (exact) mass is 417 g/mol. The second-order valence-corrected chi connectivity index (χ2v) is 7.69. The van der Waals surface area contributed by atoms with Crippen LogP contribution in [0.25, 0.3) is 5.69 Å². The lowest BCUT2D eigenvalue weighted by molar-refractivity contribution is -0.116. The summed E-state index contributed by atoms with van der Waals surface area (Å²) in [6.45, 7) is 0. The highest BCUT2D eigenvalue weighted by molar-refractivity contribution is 6.01. The molecule has 2 N–H and O–H groups in total. The quantitative estimate of drug-likeness (QED) is 0.675.